The van der Waals surface area contributed by atoms with Crippen molar-refractivity contribution in [3.8, 4) is 0 Å². The van der Waals surface area contributed by atoms with E-state index in [4.69, 9.17) is 0 Å². The second-order valence-electron chi connectivity index (χ2n) is 6.14. The van der Waals surface area contributed by atoms with Gasteiger partial charge in [-0.3, -0.25) is 4.68 Å². The quantitative estimate of drug-likeness (QED) is 0.756. The van der Waals surface area contributed by atoms with Gasteiger partial charge in [0.25, 0.3) is 0 Å². The molecule has 0 unspecified atom stereocenters. The Labute approximate surface area is 139 Å². The van der Waals surface area contributed by atoms with Crippen LogP contribution < -0.4 is 5.32 Å². The maximum atomic E-state index is 12.5. The van der Waals surface area contributed by atoms with Gasteiger partial charge in [-0.2, -0.15) is 5.10 Å². The van der Waals surface area contributed by atoms with Crippen LogP contribution in [0, 0.1) is 0 Å². The lowest BCUT2D eigenvalue weighted by Crippen LogP contribution is -2.39. The number of rotatable bonds is 2. The van der Waals surface area contributed by atoms with E-state index in [1.165, 1.54) is 5.69 Å². The first-order valence-corrected chi connectivity index (χ1v) is 8.16. The van der Waals surface area contributed by atoms with Gasteiger partial charge in [-0.05, 0) is 31.0 Å². The third-order valence-corrected chi connectivity index (χ3v) is 4.53. The van der Waals surface area contributed by atoms with E-state index < -0.39 is 0 Å². The molecule has 1 aliphatic heterocycles. The average Bonchev–Trinajstić information content (AvgIpc) is 3.12. The maximum absolute atomic E-state index is 12.5. The molecule has 2 N–H and O–H groups in total. The SMILES string of the molecule is Cn1ncc2c1CCCN(C(=O)NCc1ccc3cc[nH]c3n1)C2. The number of pyridine rings is 1. The molecule has 0 saturated carbocycles. The van der Waals surface area contributed by atoms with Crippen molar-refractivity contribution >= 4 is 17.1 Å². The van der Waals surface area contributed by atoms with Gasteiger partial charge in [0.2, 0.25) is 0 Å². The van der Waals surface area contributed by atoms with Crippen LogP contribution in [-0.4, -0.2) is 37.2 Å². The Morgan fingerprint density at radius 3 is 3.21 bits per heavy atom. The molecule has 0 saturated heterocycles. The normalized spacial score (nSPS) is 14.5. The standard InChI is InChI=1S/C17H20N6O/c1-22-15-3-2-8-23(11-13(15)9-20-22)17(24)19-10-14-5-4-12-6-7-18-16(12)21-14/h4-7,9H,2-3,8,10-11H2,1H3,(H,18,21)(H,19,24). The molecule has 0 bridgehead atoms. The first-order chi connectivity index (χ1) is 11.7. The summed E-state index contributed by atoms with van der Waals surface area (Å²) < 4.78 is 1.91. The minimum atomic E-state index is -0.0555. The maximum Gasteiger partial charge on any atom is 0.318 e. The summed E-state index contributed by atoms with van der Waals surface area (Å²) in [6.45, 7) is 1.78. The molecule has 7 heteroatoms. The molecule has 3 aromatic rings. The first kappa shape index (κ1) is 14.7. The van der Waals surface area contributed by atoms with E-state index in [9.17, 15) is 4.79 Å². The molecule has 24 heavy (non-hydrogen) atoms. The number of amides is 2. The van der Waals surface area contributed by atoms with E-state index in [0.717, 1.165) is 41.7 Å². The van der Waals surface area contributed by atoms with Gasteiger partial charge in [0, 0.05) is 36.4 Å². The number of hydrogen-bond acceptors (Lipinski definition) is 3. The number of urea groups is 1. The second kappa shape index (κ2) is 5.99. The third kappa shape index (κ3) is 2.73. The Morgan fingerprint density at radius 1 is 1.38 bits per heavy atom. The van der Waals surface area contributed by atoms with Crippen LogP contribution in [0.15, 0.2) is 30.6 Å². The topological polar surface area (TPSA) is 78.8 Å². The highest BCUT2D eigenvalue weighted by Gasteiger charge is 2.21. The summed E-state index contributed by atoms with van der Waals surface area (Å²) in [5.74, 6) is 0. The van der Waals surface area contributed by atoms with E-state index in [1.807, 2.05) is 47.2 Å². The molecule has 2 amide bonds. The van der Waals surface area contributed by atoms with Gasteiger partial charge in [-0.15, -0.1) is 0 Å². The van der Waals surface area contributed by atoms with Crippen molar-refractivity contribution in [3.05, 3.63) is 47.5 Å². The van der Waals surface area contributed by atoms with Gasteiger partial charge in [0.1, 0.15) is 5.65 Å². The number of aromatic nitrogens is 4. The predicted molar refractivity (Wildman–Crippen MR) is 90.3 cm³/mol. The van der Waals surface area contributed by atoms with E-state index >= 15 is 0 Å². The van der Waals surface area contributed by atoms with Crippen molar-refractivity contribution in [3.63, 3.8) is 0 Å². The summed E-state index contributed by atoms with van der Waals surface area (Å²) in [4.78, 5) is 22.0. The average molecular weight is 324 g/mol. The van der Waals surface area contributed by atoms with Crippen molar-refractivity contribution < 1.29 is 4.79 Å². The smallest absolute Gasteiger partial charge is 0.318 e. The van der Waals surface area contributed by atoms with E-state index in [-0.39, 0.29) is 6.03 Å². The number of carbonyl (C=O) groups is 1. The molecule has 4 heterocycles. The molecule has 1 aliphatic rings. The lowest BCUT2D eigenvalue weighted by molar-refractivity contribution is 0.195. The number of nitrogens with one attached hydrogen (secondary N) is 2. The van der Waals surface area contributed by atoms with Gasteiger partial charge in [-0.25, -0.2) is 9.78 Å². The monoisotopic (exact) mass is 324 g/mol. The van der Waals surface area contributed by atoms with Crippen LogP contribution in [0.3, 0.4) is 0 Å². The molecule has 0 spiro atoms. The summed E-state index contributed by atoms with van der Waals surface area (Å²) >= 11 is 0. The molecule has 124 valence electrons. The Balaban J connectivity index is 1.42. The summed E-state index contributed by atoms with van der Waals surface area (Å²) in [5.41, 5.74) is 4.05. The van der Waals surface area contributed by atoms with Gasteiger partial charge in [-0.1, -0.05) is 0 Å². The minimum absolute atomic E-state index is 0.0555. The minimum Gasteiger partial charge on any atom is -0.346 e. The highest BCUT2D eigenvalue weighted by atomic mass is 16.2. The molecule has 0 aliphatic carbocycles. The van der Waals surface area contributed by atoms with Crippen LogP contribution in [0.2, 0.25) is 0 Å². The number of carbonyl (C=O) groups excluding carboxylic acids is 1. The van der Waals surface area contributed by atoms with Crippen molar-refractivity contribution in [2.24, 2.45) is 7.05 Å². The number of hydrogen-bond donors (Lipinski definition) is 2. The van der Waals surface area contributed by atoms with Crippen molar-refractivity contribution in [2.45, 2.75) is 25.9 Å². The van der Waals surface area contributed by atoms with E-state index in [0.29, 0.717) is 13.1 Å². The lowest BCUT2D eigenvalue weighted by Gasteiger charge is -2.20. The summed E-state index contributed by atoms with van der Waals surface area (Å²) in [7, 11) is 1.96. The molecule has 3 aromatic heterocycles. The zero-order valence-electron chi connectivity index (χ0n) is 13.6. The Hall–Kier alpha value is -2.83. The van der Waals surface area contributed by atoms with Crippen LogP contribution in [-0.2, 0) is 26.6 Å². The van der Waals surface area contributed by atoms with Gasteiger partial charge < -0.3 is 15.2 Å². The molecule has 4 rings (SSSR count). The fourth-order valence-electron chi connectivity index (χ4n) is 3.21. The number of fused-ring (bicyclic) bond motifs is 2. The van der Waals surface area contributed by atoms with Crippen molar-refractivity contribution in [1.29, 1.82) is 0 Å². The summed E-state index contributed by atoms with van der Waals surface area (Å²) in [6.07, 6.45) is 5.64. The van der Waals surface area contributed by atoms with Gasteiger partial charge >= 0.3 is 6.03 Å². The molecule has 0 fully saturated rings. The highest BCUT2D eigenvalue weighted by Crippen LogP contribution is 2.18. The number of aromatic amines is 1. The van der Waals surface area contributed by atoms with Crippen LogP contribution in [0.25, 0.3) is 11.0 Å². The van der Waals surface area contributed by atoms with Crippen LogP contribution in [0.1, 0.15) is 23.4 Å². The van der Waals surface area contributed by atoms with E-state index in [2.05, 4.69) is 20.4 Å². The summed E-state index contributed by atoms with van der Waals surface area (Å²) in [5, 5.41) is 8.34. The Bertz CT molecular complexity index is 880. The predicted octanol–water partition coefficient (Wildman–Crippen LogP) is 1.95. The van der Waals surface area contributed by atoms with Gasteiger partial charge in [0.15, 0.2) is 0 Å². The molecule has 0 aromatic carbocycles. The lowest BCUT2D eigenvalue weighted by atomic mass is 10.2. The van der Waals surface area contributed by atoms with Crippen molar-refractivity contribution in [1.82, 2.24) is 30.0 Å². The molecular formula is C17H20N6O. The number of aryl methyl sites for hydroxylation is 1. The third-order valence-electron chi connectivity index (χ3n) is 4.53. The van der Waals surface area contributed by atoms with Gasteiger partial charge in [0.05, 0.1) is 25.0 Å². The zero-order valence-corrected chi connectivity index (χ0v) is 13.6. The molecule has 7 nitrogen and oxygen atoms in total. The molecular weight excluding hydrogens is 304 g/mol. The second-order valence-corrected chi connectivity index (χ2v) is 6.14. The first-order valence-electron chi connectivity index (χ1n) is 8.16. The Morgan fingerprint density at radius 2 is 2.29 bits per heavy atom. The zero-order chi connectivity index (χ0) is 16.5. The highest BCUT2D eigenvalue weighted by molar-refractivity contribution is 5.76. The largest absolute Gasteiger partial charge is 0.346 e. The van der Waals surface area contributed by atoms with Crippen molar-refractivity contribution in [2.75, 3.05) is 6.54 Å². The summed E-state index contributed by atoms with van der Waals surface area (Å²) in [6, 6.07) is 5.87. The van der Waals surface area contributed by atoms with E-state index in [1.54, 1.807) is 0 Å². The molecule has 0 atom stereocenters. The fraction of sp³-hybridized carbons (Fsp3) is 0.353. The fourth-order valence-corrected chi connectivity index (χ4v) is 3.21. The van der Waals surface area contributed by atoms with Crippen LogP contribution in [0.5, 0.6) is 0 Å². The van der Waals surface area contributed by atoms with Crippen LogP contribution >= 0.6 is 0 Å². The number of H-pyrrole nitrogens is 1. The Kier molecular flexibility index (Phi) is 3.68. The molecule has 0 radical (unpaired) electrons. The number of nitrogens with zero attached hydrogens (tertiary/aromatic N) is 4. The van der Waals surface area contributed by atoms with Crippen LogP contribution in [0.4, 0.5) is 4.79 Å².